The van der Waals surface area contributed by atoms with Crippen molar-refractivity contribution in [1.29, 1.82) is 0 Å². The van der Waals surface area contributed by atoms with Crippen LogP contribution in [0.1, 0.15) is 26.3 Å². The van der Waals surface area contributed by atoms with Gasteiger partial charge in [-0.05, 0) is 0 Å². The van der Waals surface area contributed by atoms with E-state index in [4.69, 9.17) is 0 Å². The molecule has 0 spiro atoms. The third-order valence-corrected chi connectivity index (χ3v) is 13.3. The van der Waals surface area contributed by atoms with E-state index in [2.05, 4.69) is 81.4 Å². The van der Waals surface area contributed by atoms with Gasteiger partial charge in [0.15, 0.2) is 0 Å². The van der Waals surface area contributed by atoms with Gasteiger partial charge in [0.25, 0.3) is 0 Å². The van der Waals surface area contributed by atoms with Gasteiger partial charge in [0, 0.05) is 0 Å². The second-order valence-electron chi connectivity index (χ2n) is 5.90. The van der Waals surface area contributed by atoms with Crippen LogP contribution in [0.2, 0.25) is 0 Å². The summed E-state index contributed by atoms with van der Waals surface area (Å²) in [7, 11) is 0. The summed E-state index contributed by atoms with van der Waals surface area (Å²) in [5.74, 6) is 0. The van der Waals surface area contributed by atoms with Crippen LogP contribution in [0.3, 0.4) is 0 Å². The molecule has 0 amide bonds. The van der Waals surface area contributed by atoms with Gasteiger partial charge in [-0.3, -0.25) is 0 Å². The summed E-state index contributed by atoms with van der Waals surface area (Å²) in [6, 6.07) is 22.4. The van der Waals surface area contributed by atoms with Crippen molar-refractivity contribution in [3.05, 3.63) is 66.2 Å². The zero-order chi connectivity index (χ0) is 14.5. The van der Waals surface area contributed by atoms with E-state index in [0.29, 0.717) is 0 Å². The van der Waals surface area contributed by atoms with E-state index in [0.717, 1.165) is 0 Å². The van der Waals surface area contributed by atoms with E-state index < -0.39 is 6.60 Å². The number of hydrogen-bond acceptors (Lipinski definition) is 0. The van der Waals surface area contributed by atoms with Crippen LogP contribution in [-0.4, -0.2) is 18.5 Å². The van der Waals surface area contributed by atoms with Crippen LogP contribution in [0.4, 0.5) is 0 Å². The third kappa shape index (κ3) is 2.54. The molecular formula is C19H27P. The average molecular weight is 286 g/mol. The Balaban J connectivity index is 2.55. The fraction of sp³-hybridized carbons (Fsp3) is 0.368. The molecule has 2 aromatic carbocycles. The van der Waals surface area contributed by atoms with Gasteiger partial charge < -0.3 is 0 Å². The maximum atomic E-state index is 2.40. The van der Waals surface area contributed by atoms with Crippen molar-refractivity contribution in [2.75, 3.05) is 18.5 Å². The van der Waals surface area contributed by atoms with Crippen LogP contribution in [0.25, 0.3) is 0 Å². The Bertz CT molecular complexity index is 515. The Hall–Kier alpha value is -1.13. The summed E-state index contributed by atoms with van der Waals surface area (Å²) in [6.45, 7) is 5.34. The molecule has 0 N–H and O–H groups in total. The van der Waals surface area contributed by atoms with Crippen molar-refractivity contribution in [3.63, 3.8) is 0 Å². The molecule has 0 radical (unpaired) electrons. The van der Waals surface area contributed by atoms with Gasteiger partial charge in [-0.1, -0.05) is 0 Å². The Morgan fingerprint density at radius 1 is 0.650 bits per heavy atom. The van der Waals surface area contributed by atoms with Crippen LogP contribution in [-0.2, 0) is 6.16 Å². The van der Waals surface area contributed by atoms with Crippen LogP contribution < -0.4 is 5.30 Å². The molecule has 1 heteroatoms. The van der Waals surface area contributed by atoms with E-state index in [9.17, 15) is 0 Å². The second kappa shape index (κ2) is 6.10. The SMILES string of the molecule is CCP(CC)(CC)(Cc1ccccc1)c1ccccc1. The van der Waals surface area contributed by atoms with E-state index in [-0.39, 0.29) is 0 Å². The molecule has 0 unspecified atom stereocenters. The molecule has 0 fully saturated rings. The van der Waals surface area contributed by atoms with Gasteiger partial charge in [-0.2, -0.15) is 0 Å². The summed E-state index contributed by atoms with van der Waals surface area (Å²) < 4.78 is 0. The summed E-state index contributed by atoms with van der Waals surface area (Å²) in [4.78, 5) is 0. The predicted molar refractivity (Wildman–Crippen MR) is 94.8 cm³/mol. The summed E-state index contributed by atoms with van der Waals surface area (Å²) >= 11 is 0. The van der Waals surface area contributed by atoms with Crippen LogP contribution in [0.15, 0.2) is 60.7 Å². The van der Waals surface area contributed by atoms with Crippen molar-refractivity contribution < 1.29 is 0 Å². The molecule has 2 aromatic rings. The Morgan fingerprint density at radius 2 is 1.10 bits per heavy atom. The van der Waals surface area contributed by atoms with Crippen LogP contribution >= 0.6 is 6.60 Å². The fourth-order valence-electron chi connectivity index (χ4n) is 3.56. The first-order valence-electron chi connectivity index (χ1n) is 7.78. The maximum absolute atomic E-state index is 2.40. The summed E-state index contributed by atoms with van der Waals surface area (Å²) in [5, 5.41) is 1.62. The van der Waals surface area contributed by atoms with Gasteiger partial charge in [0.05, 0.1) is 0 Å². The van der Waals surface area contributed by atoms with Gasteiger partial charge >= 0.3 is 124 Å². The van der Waals surface area contributed by atoms with E-state index in [1.165, 1.54) is 30.2 Å². The minimum atomic E-state index is -1.87. The first kappa shape index (κ1) is 15.3. The van der Waals surface area contributed by atoms with Crippen LogP contribution in [0.5, 0.6) is 0 Å². The first-order chi connectivity index (χ1) is 9.69. The average Bonchev–Trinajstić information content (AvgIpc) is 2.55. The van der Waals surface area contributed by atoms with E-state index >= 15 is 0 Å². The molecule has 0 saturated heterocycles. The molecule has 0 bridgehead atoms. The van der Waals surface area contributed by atoms with Gasteiger partial charge in [0.1, 0.15) is 0 Å². The zero-order valence-corrected chi connectivity index (χ0v) is 13.9. The van der Waals surface area contributed by atoms with Crippen molar-refractivity contribution in [2.45, 2.75) is 26.9 Å². The van der Waals surface area contributed by atoms with E-state index in [1.807, 2.05) is 0 Å². The van der Waals surface area contributed by atoms with Gasteiger partial charge in [0.2, 0.25) is 0 Å². The monoisotopic (exact) mass is 286 g/mol. The molecule has 20 heavy (non-hydrogen) atoms. The third-order valence-electron chi connectivity index (χ3n) is 5.41. The second-order valence-corrected chi connectivity index (χ2v) is 12.6. The van der Waals surface area contributed by atoms with Gasteiger partial charge in [-0.15, -0.1) is 0 Å². The molecule has 0 atom stereocenters. The predicted octanol–water partition coefficient (Wildman–Crippen LogP) is 5.13. The molecule has 0 aliphatic rings. The zero-order valence-electron chi connectivity index (χ0n) is 13.0. The molecule has 0 aliphatic heterocycles. The number of hydrogen-bond donors (Lipinski definition) is 0. The Morgan fingerprint density at radius 3 is 1.55 bits per heavy atom. The first-order valence-corrected chi connectivity index (χ1v) is 10.8. The topological polar surface area (TPSA) is 0 Å². The number of rotatable bonds is 6. The standard InChI is InChI=1S/C19H27P/c1-4-20(5-2,6-3,19-15-11-8-12-16-19)17-18-13-9-7-10-14-18/h7-16H,4-6,17H2,1-3H3. The van der Waals surface area contributed by atoms with E-state index in [1.54, 1.807) is 5.30 Å². The van der Waals surface area contributed by atoms with Crippen molar-refractivity contribution >= 4 is 11.9 Å². The molecule has 2 rings (SSSR count). The quantitative estimate of drug-likeness (QED) is 0.646. The van der Waals surface area contributed by atoms with Crippen LogP contribution in [0, 0.1) is 0 Å². The molecule has 0 heterocycles. The molecule has 108 valence electrons. The Labute approximate surface area is 124 Å². The molecule has 0 saturated carbocycles. The van der Waals surface area contributed by atoms with Crippen molar-refractivity contribution in [1.82, 2.24) is 0 Å². The molecule has 0 aliphatic carbocycles. The summed E-state index contributed by atoms with van der Waals surface area (Å²) in [6.07, 6.45) is 5.16. The molecule has 0 aromatic heterocycles. The number of benzene rings is 2. The van der Waals surface area contributed by atoms with Gasteiger partial charge in [-0.25, -0.2) is 0 Å². The molecular weight excluding hydrogens is 259 g/mol. The van der Waals surface area contributed by atoms with Crippen molar-refractivity contribution in [2.24, 2.45) is 0 Å². The van der Waals surface area contributed by atoms with Crippen molar-refractivity contribution in [3.8, 4) is 0 Å². The molecule has 0 nitrogen and oxygen atoms in total. The fourth-order valence-corrected chi connectivity index (χ4v) is 9.03. The minimum absolute atomic E-state index is 1.25. The normalized spacial score (nSPS) is 13.7. The summed E-state index contributed by atoms with van der Waals surface area (Å²) in [5.41, 5.74) is 1.50. The Kier molecular flexibility index (Phi) is 4.66.